The van der Waals surface area contributed by atoms with E-state index in [-0.39, 0.29) is 23.3 Å². The maximum absolute atomic E-state index is 12.5. The number of benzene rings is 1. The minimum absolute atomic E-state index is 0.104. The quantitative estimate of drug-likeness (QED) is 0.888. The Labute approximate surface area is 149 Å². The molecule has 1 aliphatic carbocycles. The van der Waals surface area contributed by atoms with Crippen molar-refractivity contribution >= 4 is 11.8 Å². The zero-order valence-corrected chi connectivity index (χ0v) is 15.0. The molecule has 2 heterocycles. The van der Waals surface area contributed by atoms with Crippen LogP contribution in [0.15, 0.2) is 24.3 Å². The first-order chi connectivity index (χ1) is 12.0. The highest BCUT2D eigenvalue weighted by molar-refractivity contribution is 5.80. The number of piperidine rings is 1. The van der Waals surface area contributed by atoms with Gasteiger partial charge in [0.25, 0.3) is 0 Å². The molecule has 2 saturated heterocycles. The largest absolute Gasteiger partial charge is 0.353 e. The Morgan fingerprint density at radius 3 is 2.60 bits per heavy atom. The van der Waals surface area contributed by atoms with Crippen LogP contribution in [-0.2, 0) is 21.5 Å². The molecule has 4 atom stereocenters. The molecule has 0 radical (unpaired) electrons. The molecular formula is C21H28N2O2. The number of hydrogen-bond donors (Lipinski definition) is 2. The zero-order chi connectivity index (χ0) is 17.4. The first-order valence-corrected chi connectivity index (χ1v) is 9.74. The summed E-state index contributed by atoms with van der Waals surface area (Å²) < 4.78 is 0. The fourth-order valence-corrected chi connectivity index (χ4v) is 4.93. The van der Waals surface area contributed by atoms with Gasteiger partial charge in [0.05, 0.1) is 5.54 Å². The number of fused-ring (bicyclic) bond motifs is 1. The van der Waals surface area contributed by atoms with E-state index in [2.05, 4.69) is 41.8 Å². The lowest BCUT2D eigenvalue weighted by atomic mass is 9.74. The molecule has 2 N–H and O–H groups in total. The molecule has 3 fully saturated rings. The van der Waals surface area contributed by atoms with Crippen molar-refractivity contribution in [2.24, 2.45) is 11.8 Å². The molecule has 2 amide bonds. The SMILES string of the molecule is C[C@@]1(c2ccc(CC3CC4CCCCC4NC3=O)cc2)CCC(=O)N1. The van der Waals surface area contributed by atoms with Crippen LogP contribution in [-0.4, -0.2) is 17.9 Å². The van der Waals surface area contributed by atoms with E-state index in [9.17, 15) is 9.59 Å². The summed E-state index contributed by atoms with van der Waals surface area (Å²) in [5, 5.41) is 6.35. The number of nitrogens with one attached hydrogen (secondary N) is 2. The van der Waals surface area contributed by atoms with Gasteiger partial charge < -0.3 is 10.6 Å². The standard InChI is InChI=1S/C21H28N2O2/c1-21(11-10-19(24)23-21)17-8-6-14(7-9-17)12-16-13-15-4-2-3-5-18(15)22-20(16)25/h6-9,15-16,18H,2-5,10-13H2,1H3,(H,22,25)(H,23,24)/t15?,16?,18?,21-/m0/s1. The Balaban J connectivity index is 1.42. The third kappa shape index (κ3) is 3.31. The molecule has 0 spiro atoms. The highest BCUT2D eigenvalue weighted by atomic mass is 16.2. The molecule has 3 aliphatic rings. The zero-order valence-electron chi connectivity index (χ0n) is 15.0. The van der Waals surface area contributed by atoms with Gasteiger partial charge in [0.1, 0.15) is 0 Å². The van der Waals surface area contributed by atoms with Gasteiger partial charge in [-0.3, -0.25) is 9.59 Å². The summed E-state index contributed by atoms with van der Waals surface area (Å²) in [6.45, 7) is 2.09. The van der Waals surface area contributed by atoms with E-state index in [0.717, 1.165) is 31.2 Å². The van der Waals surface area contributed by atoms with Gasteiger partial charge >= 0.3 is 0 Å². The molecule has 25 heavy (non-hydrogen) atoms. The average Bonchev–Trinajstić information content (AvgIpc) is 2.96. The minimum Gasteiger partial charge on any atom is -0.353 e. The summed E-state index contributed by atoms with van der Waals surface area (Å²) in [6.07, 6.45) is 8.28. The third-order valence-electron chi connectivity index (χ3n) is 6.54. The van der Waals surface area contributed by atoms with E-state index < -0.39 is 0 Å². The van der Waals surface area contributed by atoms with Crippen LogP contribution in [0.4, 0.5) is 0 Å². The van der Waals surface area contributed by atoms with Crippen LogP contribution in [0, 0.1) is 11.8 Å². The third-order valence-corrected chi connectivity index (χ3v) is 6.54. The van der Waals surface area contributed by atoms with Crippen molar-refractivity contribution in [3.63, 3.8) is 0 Å². The normalized spacial score (nSPS) is 35.0. The van der Waals surface area contributed by atoms with E-state index in [1.165, 1.54) is 24.8 Å². The van der Waals surface area contributed by atoms with Crippen LogP contribution in [0.2, 0.25) is 0 Å². The summed E-state index contributed by atoms with van der Waals surface area (Å²) in [7, 11) is 0. The van der Waals surface area contributed by atoms with E-state index in [1.54, 1.807) is 0 Å². The summed E-state index contributed by atoms with van der Waals surface area (Å²) in [5.74, 6) is 1.14. The Morgan fingerprint density at radius 1 is 1.12 bits per heavy atom. The van der Waals surface area contributed by atoms with Gasteiger partial charge in [-0.1, -0.05) is 37.1 Å². The van der Waals surface area contributed by atoms with E-state index >= 15 is 0 Å². The fourth-order valence-electron chi connectivity index (χ4n) is 4.93. The molecule has 1 saturated carbocycles. The molecule has 0 bridgehead atoms. The van der Waals surface area contributed by atoms with Gasteiger partial charge in [0.2, 0.25) is 11.8 Å². The second kappa shape index (κ2) is 6.47. The predicted molar refractivity (Wildman–Crippen MR) is 96.9 cm³/mol. The van der Waals surface area contributed by atoms with E-state index in [0.29, 0.717) is 18.4 Å². The van der Waals surface area contributed by atoms with E-state index in [4.69, 9.17) is 0 Å². The second-order valence-electron chi connectivity index (χ2n) is 8.37. The summed E-state index contributed by atoms with van der Waals surface area (Å²) in [6, 6.07) is 8.91. The molecule has 2 aliphatic heterocycles. The topological polar surface area (TPSA) is 58.2 Å². The Bertz CT molecular complexity index is 669. The summed E-state index contributed by atoms with van der Waals surface area (Å²) in [4.78, 5) is 24.0. The van der Waals surface area contributed by atoms with Crippen LogP contribution >= 0.6 is 0 Å². The highest BCUT2D eigenvalue weighted by Crippen LogP contribution is 2.35. The van der Waals surface area contributed by atoms with Crippen LogP contribution in [0.1, 0.15) is 63.0 Å². The second-order valence-corrected chi connectivity index (χ2v) is 8.37. The minimum atomic E-state index is -0.243. The first-order valence-electron chi connectivity index (χ1n) is 9.74. The van der Waals surface area contributed by atoms with Crippen LogP contribution in [0.25, 0.3) is 0 Å². The van der Waals surface area contributed by atoms with E-state index in [1.807, 2.05) is 0 Å². The molecule has 0 aromatic heterocycles. The number of rotatable bonds is 3. The smallest absolute Gasteiger partial charge is 0.223 e. The Kier molecular flexibility index (Phi) is 4.30. The Hall–Kier alpha value is -1.84. The van der Waals surface area contributed by atoms with Crippen molar-refractivity contribution in [3.05, 3.63) is 35.4 Å². The van der Waals surface area contributed by atoms with Crippen LogP contribution in [0.5, 0.6) is 0 Å². The lowest BCUT2D eigenvalue weighted by Crippen LogP contribution is -2.51. The van der Waals surface area contributed by atoms with Gasteiger partial charge in [-0.05, 0) is 56.1 Å². The number of carbonyl (C=O) groups excluding carboxylic acids is 2. The van der Waals surface area contributed by atoms with Crippen molar-refractivity contribution in [2.75, 3.05) is 0 Å². The van der Waals surface area contributed by atoms with Crippen molar-refractivity contribution in [3.8, 4) is 0 Å². The molecule has 3 unspecified atom stereocenters. The van der Waals surface area contributed by atoms with Gasteiger partial charge in [-0.2, -0.15) is 0 Å². The van der Waals surface area contributed by atoms with Crippen molar-refractivity contribution < 1.29 is 9.59 Å². The average molecular weight is 340 g/mol. The lowest BCUT2D eigenvalue weighted by molar-refractivity contribution is -0.130. The number of hydrogen-bond acceptors (Lipinski definition) is 2. The fraction of sp³-hybridized carbons (Fsp3) is 0.619. The highest BCUT2D eigenvalue weighted by Gasteiger charge is 2.37. The first kappa shape index (κ1) is 16.6. The molecular weight excluding hydrogens is 312 g/mol. The van der Waals surface area contributed by atoms with Gasteiger partial charge in [-0.25, -0.2) is 0 Å². The van der Waals surface area contributed by atoms with Crippen molar-refractivity contribution in [2.45, 2.75) is 69.9 Å². The maximum atomic E-state index is 12.5. The van der Waals surface area contributed by atoms with Crippen LogP contribution in [0.3, 0.4) is 0 Å². The lowest BCUT2D eigenvalue weighted by Gasteiger charge is -2.39. The Morgan fingerprint density at radius 2 is 1.88 bits per heavy atom. The molecule has 4 heteroatoms. The molecule has 4 rings (SSSR count). The summed E-state index contributed by atoms with van der Waals surface area (Å²) >= 11 is 0. The van der Waals surface area contributed by atoms with Crippen LogP contribution < -0.4 is 10.6 Å². The molecule has 134 valence electrons. The van der Waals surface area contributed by atoms with Gasteiger partial charge in [-0.15, -0.1) is 0 Å². The molecule has 4 nitrogen and oxygen atoms in total. The molecule has 1 aromatic rings. The predicted octanol–water partition coefficient (Wildman–Crippen LogP) is 3.05. The van der Waals surface area contributed by atoms with Gasteiger partial charge in [0, 0.05) is 18.4 Å². The molecule has 1 aromatic carbocycles. The maximum Gasteiger partial charge on any atom is 0.223 e. The van der Waals surface area contributed by atoms with Gasteiger partial charge in [0.15, 0.2) is 0 Å². The monoisotopic (exact) mass is 340 g/mol. The van der Waals surface area contributed by atoms with Crippen molar-refractivity contribution in [1.82, 2.24) is 10.6 Å². The summed E-state index contributed by atoms with van der Waals surface area (Å²) in [5.41, 5.74) is 2.13. The number of amides is 2. The number of carbonyl (C=O) groups is 2. The van der Waals surface area contributed by atoms with Crippen molar-refractivity contribution in [1.29, 1.82) is 0 Å².